The van der Waals surface area contributed by atoms with Gasteiger partial charge < -0.3 is 21.5 Å². The van der Waals surface area contributed by atoms with E-state index in [0.29, 0.717) is 18.7 Å². The van der Waals surface area contributed by atoms with Gasteiger partial charge in [-0.15, -0.1) is 22.7 Å². The van der Waals surface area contributed by atoms with E-state index >= 15 is 0 Å². The number of hydrogen-bond donors (Lipinski definition) is 4. The molecule has 2 aromatic heterocycles. The Balaban J connectivity index is 0.000000214. The van der Waals surface area contributed by atoms with E-state index in [1.54, 1.807) is 39.3 Å². The number of nitrogens with zero attached hydrogens (tertiary/aromatic N) is 3. The smallest absolute Gasteiger partial charge is 0.475 e. The average molecular weight is 724 g/mol. The predicted octanol–water partition coefficient (Wildman–Crippen LogP) is 7.13. The molecule has 3 aromatic carbocycles. The molecule has 2 atom stereocenters. The Bertz CT molecular complexity index is 1560. The second-order valence-corrected chi connectivity index (χ2v) is 14.1. The van der Waals surface area contributed by atoms with Crippen LogP contribution in [0.25, 0.3) is 20.4 Å². The van der Waals surface area contributed by atoms with Crippen molar-refractivity contribution in [1.82, 2.24) is 14.9 Å². The number of thiol groups is 1. The molecule has 0 spiro atoms. The molecule has 0 unspecified atom stereocenters. The van der Waals surface area contributed by atoms with Crippen LogP contribution < -0.4 is 11.5 Å². The number of carbonyl (C=O) groups excluding carboxylic acids is 1. The Morgan fingerprint density at radius 3 is 1.85 bits per heavy atom. The van der Waals surface area contributed by atoms with Gasteiger partial charge in [0.25, 0.3) is 0 Å². The van der Waals surface area contributed by atoms with Gasteiger partial charge in [0.15, 0.2) is 8.68 Å². The molecule has 0 aliphatic heterocycles. The second-order valence-electron chi connectivity index (χ2n) is 10.1. The van der Waals surface area contributed by atoms with Gasteiger partial charge in [-0.25, -0.2) is 14.8 Å². The maximum absolute atomic E-state index is 12.4. The first kappa shape index (κ1) is 38.2. The van der Waals surface area contributed by atoms with Gasteiger partial charge >= 0.3 is 12.1 Å². The lowest BCUT2D eigenvalue weighted by molar-refractivity contribution is -0.192. The third-order valence-corrected chi connectivity index (χ3v) is 10.3. The fourth-order valence-corrected chi connectivity index (χ4v) is 7.92. The number of carboxylic acids is 1. The van der Waals surface area contributed by atoms with Gasteiger partial charge in [-0.3, -0.25) is 4.79 Å². The third kappa shape index (κ3) is 12.4. The first-order chi connectivity index (χ1) is 22.4. The normalized spacial score (nSPS) is 12.4. The summed E-state index contributed by atoms with van der Waals surface area (Å²) in [4.78, 5) is 32.2. The molecular weight excluding hydrogens is 688 g/mol. The molecule has 252 valence electrons. The number of carboxylic acid groups (broad SMARTS) is 1. The molecule has 0 aliphatic carbocycles. The van der Waals surface area contributed by atoms with Crippen LogP contribution in [-0.2, 0) is 16.0 Å². The van der Waals surface area contributed by atoms with Crippen LogP contribution in [0, 0.1) is 0 Å². The number of alkyl halides is 3. The number of halogens is 3. The first-order valence-electron chi connectivity index (χ1n) is 14.5. The molecule has 0 radical (unpaired) electrons. The number of carbonyl (C=O) groups is 2. The zero-order valence-electron chi connectivity index (χ0n) is 25.5. The average Bonchev–Trinajstić information content (AvgIpc) is 3.67. The SMILES string of the molecule is CN(C(=O)[C@@H](N)CCc1ccccc1)[C@H](CS)CCCN.O=C(O)C(F)(F)F.c1ccc2sc(Sc3nc4ccccc4s3)nc2c1. The highest BCUT2D eigenvalue weighted by molar-refractivity contribution is 8.02. The molecule has 0 saturated carbocycles. The minimum Gasteiger partial charge on any atom is -0.475 e. The Morgan fingerprint density at radius 1 is 0.915 bits per heavy atom. The number of hydrogen-bond acceptors (Lipinski definition) is 10. The number of aryl methyl sites for hydroxylation is 1. The number of rotatable bonds is 11. The number of nitrogens with two attached hydrogens (primary N) is 2. The zero-order chi connectivity index (χ0) is 34.4. The predicted molar refractivity (Wildman–Crippen MR) is 188 cm³/mol. The van der Waals surface area contributed by atoms with E-state index in [1.165, 1.54) is 15.0 Å². The van der Waals surface area contributed by atoms with E-state index in [-0.39, 0.29) is 11.9 Å². The van der Waals surface area contributed by atoms with Crippen molar-refractivity contribution in [2.75, 3.05) is 19.3 Å². The summed E-state index contributed by atoms with van der Waals surface area (Å²) in [7, 11) is 1.81. The molecule has 5 rings (SSSR count). The lowest BCUT2D eigenvalue weighted by atomic mass is 10.0. The number of likely N-dealkylation sites (N-methyl/N-ethyl adjacent to an activating group) is 1. The Morgan fingerprint density at radius 2 is 1.40 bits per heavy atom. The third-order valence-electron chi connectivity index (χ3n) is 6.72. The maximum atomic E-state index is 12.4. The topological polar surface area (TPSA) is 135 Å². The molecule has 47 heavy (non-hydrogen) atoms. The van der Waals surface area contributed by atoms with Crippen LogP contribution in [0.4, 0.5) is 13.2 Å². The fourth-order valence-electron chi connectivity index (χ4n) is 4.16. The summed E-state index contributed by atoms with van der Waals surface area (Å²) in [5, 5.41) is 7.12. The van der Waals surface area contributed by atoms with Crippen LogP contribution >= 0.6 is 47.1 Å². The molecule has 0 bridgehead atoms. The van der Waals surface area contributed by atoms with E-state index in [9.17, 15) is 18.0 Å². The number of amides is 1. The molecule has 1 amide bonds. The van der Waals surface area contributed by atoms with Gasteiger partial charge in [-0.05, 0) is 73.8 Å². The Kier molecular flexibility index (Phi) is 15.4. The van der Waals surface area contributed by atoms with Gasteiger partial charge in [0.05, 0.1) is 26.5 Å². The van der Waals surface area contributed by atoms with Crippen LogP contribution in [0.5, 0.6) is 0 Å². The molecular formula is C32H36F3N5O3S4. The fraction of sp³-hybridized carbons (Fsp3) is 0.312. The van der Waals surface area contributed by atoms with Crippen LogP contribution in [0.1, 0.15) is 24.8 Å². The number of aromatic nitrogens is 2. The molecule has 5 aromatic rings. The number of aliphatic carboxylic acids is 1. The molecule has 5 N–H and O–H groups in total. The Hall–Kier alpha value is -3.21. The van der Waals surface area contributed by atoms with E-state index in [4.69, 9.17) is 21.4 Å². The van der Waals surface area contributed by atoms with E-state index in [2.05, 4.69) is 46.9 Å². The highest BCUT2D eigenvalue weighted by atomic mass is 32.2. The number of para-hydroxylation sites is 2. The molecule has 15 heteroatoms. The van der Waals surface area contributed by atoms with Crippen molar-refractivity contribution in [1.29, 1.82) is 0 Å². The van der Waals surface area contributed by atoms with E-state index in [0.717, 1.165) is 39.0 Å². The second kappa shape index (κ2) is 19.0. The molecule has 0 fully saturated rings. The summed E-state index contributed by atoms with van der Waals surface area (Å²) in [6.07, 6.45) is -1.85. The van der Waals surface area contributed by atoms with Crippen LogP contribution in [-0.4, -0.2) is 69.5 Å². The van der Waals surface area contributed by atoms with Crippen LogP contribution in [0.3, 0.4) is 0 Å². The quantitative estimate of drug-likeness (QED) is 0.106. The van der Waals surface area contributed by atoms with E-state index in [1.807, 2.05) is 61.6 Å². The number of benzene rings is 3. The summed E-state index contributed by atoms with van der Waals surface area (Å²) in [6.45, 7) is 0.631. The number of thiazole rings is 2. The highest BCUT2D eigenvalue weighted by Gasteiger charge is 2.38. The van der Waals surface area contributed by atoms with Crippen molar-refractivity contribution in [2.45, 2.75) is 52.6 Å². The van der Waals surface area contributed by atoms with Gasteiger partial charge in [0.2, 0.25) is 5.91 Å². The molecule has 8 nitrogen and oxygen atoms in total. The van der Waals surface area contributed by atoms with Gasteiger partial charge in [-0.2, -0.15) is 25.8 Å². The van der Waals surface area contributed by atoms with Crippen molar-refractivity contribution in [3.63, 3.8) is 0 Å². The Labute approximate surface area is 288 Å². The summed E-state index contributed by atoms with van der Waals surface area (Å²) in [6, 6.07) is 26.2. The first-order valence-corrected chi connectivity index (χ1v) is 17.6. The minimum atomic E-state index is -5.08. The summed E-state index contributed by atoms with van der Waals surface area (Å²) in [5.74, 6) is -2.14. The molecule has 0 aliphatic rings. The maximum Gasteiger partial charge on any atom is 0.490 e. The highest BCUT2D eigenvalue weighted by Crippen LogP contribution is 2.37. The van der Waals surface area contributed by atoms with Crippen molar-refractivity contribution in [2.24, 2.45) is 11.5 Å². The molecule has 0 saturated heterocycles. The summed E-state index contributed by atoms with van der Waals surface area (Å²) >= 11 is 9.42. The number of fused-ring (bicyclic) bond motifs is 2. The van der Waals surface area contributed by atoms with Gasteiger partial charge in [-0.1, -0.05) is 54.6 Å². The standard InChI is InChI=1S/C16H27N3OS.C14H8N2S3.C2HF3O2/c1-19(14(12-21)8-5-11-17)16(20)15(18)10-9-13-6-3-2-4-7-13;1-3-7-11-9(5-1)15-13(17-11)19-14-16-10-6-2-4-8-12(10)18-14;3-2(4,5)1(6)7/h2-4,6-7,14-15,21H,5,8-12,17-18H2,1H3;1-8H;(H,6,7)/t14-,15-;;/m0../s1. The van der Waals surface area contributed by atoms with Crippen LogP contribution in [0.15, 0.2) is 87.5 Å². The zero-order valence-corrected chi connectivity index (χ0v) is 28.8. The van der Waals surface area contributed by atoms with Gasteiger partial charge in [0, 0.05) is 18.8 Å². The largest absolute Gasteiger partial charge is 0.490 e. The minimum absolute atomic E-state index is 0.0120. The van der Waals surface area contributed by atoms with Crippen molar-refractivity contribution in [3.05, 3.63) is 84.4 Å². The van der Waals surface area contributed by atoms with Crippen molar-refractivity contribution in [3.8, 4) is 0 Å². The summed E-state index contributed by atoms with van der Waals surface area (Å²) < 4.78 is 36.3. The molecule has 2 heterocycles. The van der Waals surface area contributed by atoms with Crippen molar-refractivity contribution < 1.29 is 27.9 Å². The van der Waals surface area contributed by atoms with Crippen LogP contribution in [0.2, 0.25) is 0 Å². The lowest BCUT2D eigenvalue weighted by Crippen LogP contribution is -2.47. The van der Waals surface area contributed by atoms with Crippen molar-refractivity contribution >= 4 is 79.4 Å². The lowest BCUT2D eigenvalue weighted by Gasteiger charge is -2.29. The van der Waals surface area contributed by atoms with Gasteiger partial charge in [0.1, 0.15) is 0 Å². The summed E-state index contributed by atoms with van der Waals surface area (Å²) in [5.41, 5.74) is 14.9. The van der Waals surface area contributed by atoms with E-state index < -0.39 is 18.2 Å². The monoisotopic (exact) mass is 723 g/mol.